The van der Waals surface area contributed by atoms with Crippen LogP contribution < -0.4 is 10.1 Å². The first-order valence-electron chi connectivity index (χ1n) is 6.70. The Bertz CT molecular complexity index is 768. The Morgan fingerprint density at radius 1 is 1.23 bits per heavy atom. The predicted octanol–water partition coefficient (Wildman–Crippen LogP) is 3.84. The molecule has 3 rings (SSSR count). The fourth-order valence-corrected chi connectivity index (χ4v) is 2.77. The summed E-state index contributed by atoms with van der Waals surface area (Å²) < 4.78 is 19.3. The number of benzene rings is 2. The van der Waals surface area contributed by atoms with Crippen molar-refractivity contribution in [2.24, 2.45) is 0 Å². The van der Waals surface area contributed by atoms with Crippen molar-refractivity contribution in [1.82, 2.24) is 4.98 Å². The first-order valence-corrected chi connectivity index (χ1v) is 7.52. The van der Waals surface area contributed by atoms with Crippen LogP contribution in [0.3, 0.4) is 0 Å². The van der Waals surface area contributed by atoms with Gasteiger partial charge in [-0.05, 0) is 43.3 Å². The SMILES string of the molecule is CC(Oc1ccc(F)cc1)C(=O)Nc1nc2ccccc2s1. The zero-order valence-corrected chi connectivity index (χ0v) is 12.6. The largest absolute Gasteiger partial charge is 0.481 e. The predicted molar refractivity (Wildman–Crippen MR) is 84.7 cm³/mol. The molecule has 3 aromatic rings. The summed E-state index contributed by atoms with van der Waals surface area (Å²) in [5, 5.41) is 3.26. The third kappa shape index (κ3) is 3.23. The first-order chi connectivity index (χ1) is 10.6. The fourth-order valence-electron chi connectivity index (χ4n) is 1.90. The van der Waals surface area contributed by atoms with Gasteiger partial charge in [-0.3, -0.25) is 10.1 Å². The van der Waals surface area contributed by atoms with Gasteiger partial charge in [0, 0.05) is 0 Å². The van der Waals surface area contributed by atoms with Gasteiger partial charge in [-0.25, -0.2) is 9.37 Å². The summed E-state index contributed by atoms with van der Waals surface area (Å²) in [4.78, 5) is 16.5. The number of ether oxygens (including phenoxy) is 1. The molecule has 22 heavy (non-hydrogen) atoms. The van der Waals surface area contributed by atoms with Crippen molar-refractivity contribution < 1.29 is 13.9 Å². The highest BCUT2D eigenvalue weighted by Gasteiger charge is 2.16. The number of halogens is 1. The van der Waals surface area contributed by atoms with Crippen molar-refractivity contribution in [3.63, 3.8) is 0 Å². The van der Waals surface area contributed by atoms with Crippen LogP contribution in [0.15, 0.2) is 48.5 Å². The highest BCUT2D eigenvalue weighted by molar-refractivity contribution is 7.22. The molecule has 0 aliphatic rings. The summed E-state index contributed by atoms with van der Waals surface area (Å²) in [5.41, 5.74) is 0.843. The minimum absolute atomic E-state index is 0.302. The Balaban J connectivity index is 1.66. The maximum Gasteiger partial charge on any atom is 0.266 e. The van der Waals surface area contributed by atoms with E-state index in [-0.39, 0.29) is 11.7 Å². The second kappa shape index (κ2) is 6.11. The Morgan fingerprint density at radius 2 is 1.95 bits per heavy atom. The minimum atomic E-state index is -0.711. The van der Waals surface area contributed by atoms with Crippen LogP contribution in [0.1, 0.15) is 6.92 Å². The van der Waals surface area contributed by atoms with Crippen molar-refractivity contribution in [3.8, 4) is 5.75 Å². The van der Waals surface area contributed by atoms with E-state index in [9.17, 15) is 9.18 Å². The summed E-state index contributed by atoms with van der Waals surface area (Å²) in [7, 11) is 0. The molecule has 1 amide bonds. The maximum absolute atomic E-state index is 12.8. The first kappa shape index (κ1) is 14.5. The van der Waals surface area contributed by atoms with Gasteiger partial charge in [0.25, 0.3) is 5.91 Å². The lowest BCUT2D eigenvalue weighted by molar-refractivity contribution is -0.122. The van der Waals surface area contributed by atoms with E-state index >= 15 is 0 Å². The summed E-state index contributed by atoms with van der Waals surface area (Å²) in [6.45, 7) is 1.63. The van der Waals surface area contributed by atoms with Crippen molar-refractivity contribution in [1.29, 1.82) is 0 Å². The number of thiazole rings is 1. The second-order valence-electron chi connectivity index (χ2n) is 4.69. The number of nitrogens with zero attached hydrogens (tertiary/aromatic N) is 1. The number of rotatable bonds is 4. The van der Waals surface area contributed by atoms with Crippen molar-refractivity contribution in [2.75, 3.05) is 5.32 Å². The molecule has 4 nitrogen and oxygen atoms in total. The van der Waals surface area contributed by atoms with Crippen LogP contribution in [0.4, 0.5) is 9.52 Å². The molecular weight excluding hydrogens is 303 g/mol. The standard InChI is InChI=1S/C16H13FN2O2S/c1-10(21-12-8-6-11(17)7-9-12)15(20)19-16-18-13-4-2-3-5-14(13)22-16/h2-10H,1H3,(H,18,19,20). The molecule has 2 aromatic carbocycles. The van der Waals surface area contributed by atoms with E-state index in [4.69, 9.17) is 4.74 Å². The molecule has 1 atom stereocenters. The molecule has 0 saturated heterocycles. The van der Waals surface area contributed by atoms with E-state index < -0.39 is 6.10 Å². The van der Waals surface area contributed by atoms with Gasteiger partial charge in [0.15, 0.2) is 11.2 Å². The molecule has 6 heteroatoms. The molecule has 0 spiro atoms. The van der Waals surface area contributed by atoms with Gasteiger partial charge in [0.2, 0.25) is 0 Å². The van der Waals surface area contributed by atoms with Crippen LogP contribution in [0.5, 0.6) is 5.75 Å². The highest BCUT2D eigenvalue weighted by atomic mass is 32.1. The number of fused-ring (bicyclic) bond motifs is 1. The lowest BCUT2D eigenvalue weighted by Gasteiger charge is -2.13. The van der Waals surface area contributed by atoms with Crippen LogP contribution in [0.25, 0.3) is 10.2 Å². The molecule has 1 aromatic heterocycles. The summed E-state index contributed by atoms with van der Waals surface area (Å²) in [5.74, 6) is -0.212. The van der Waals surface area contributed by atoms with Crippen LogP contribution in [-0.2, 0) is 4.79 Å². The van der Waals surface area contributed by atoms with Crippen LogP contribution >= 0.6 is 11.3 Å². The van der Waals surface area contributed by atoms with Gasteiger partial charge < -0.3 is 4.74 Å². The summed E-state index contributed by atoms with van der Waals surface area (Å²) in [6.07, 6.45) is -0.711. The Morgan fingerprint density at radius 3 is 2.68 bits per heavy atom. The number of aromatic nitrogens is 1. The van der Waals surface area contributed by atoms with E-state index in [0.717, 1.165) is 10.2 Å². The molecule has 1 heterocycles. The van der Waals surface area contributed by atoms with E-state index in [0.29, 0.717) is 10.9 Å². The lowest BCUT2D eigenvalue weighted by Crippen LogP contribution is -2.30. The third-order valence-electron chi connectivity index (χ3n) is 3.02. The van der Waals surface area contributed by atoms with E-state index in [1.54, 1.807) is 6.92 Å². The van der Waals surface area contributed by atoms with Crippen LogP contribution in [0, 0.1) is 5.82 Å². The van der Waals surface area contributed by atoms with Gasteiger partial charge in [-0.15, -0.1) is 0 Å². The quantitative estimate of drug-likeness (QED) is 0.795. The molecule has 0 fully saturated rings. The molecule has 0 radical (unpaired) electrons. The molecule has 0 saturated carbocycles. The zero-order valence-electron chi connectivity index (χ0n) is 11.7. The van der Waals surface area contributed by atoms with Crippen LogP contribution in [-0.4, -0.2) is 17.0 Å². The molecule has 1 N–H and O–H groups in total. The van der Waals surface area contributed by atoms with Gasteiger partial charge in [-0.2, -0.15) is 0 Å². The zero-order chi connectivity index (χ0) is 15.5. The van der Waals surface area contributed by atoms with Gasteiger partial charge in [-0.1, -0.05) is 23.5 Å². The number of hydrogen-bond acceptors (Lipinski definition) is 4. The Hall–Kier alpha value is -2.47. The number of amides is 1. The lowest BCUT2D eigenvalue weighted by atomic mass is 10.3. The molecule has 1 unspecified atom stereocenters. The topological polar surface area (TPSA) is 51.2 Å². The van der Waals surface area contributed by atoms with Crippen molar-refractivity contribution >= 4 is 32.6 Å². The van der Waals surface area contributed by atoms with E-state index in [1.807, 2.05) is 24.3 Å². The van der Waals surface area contributed by atoms with Gasteiger partial charge in [0.05, 0.1) is 10.2 Å². The Kier molecular flexibility index (Phi) is 4.02. The monoisotopic (exact) mass is 316 g/mol. The average molecular weight is 316 g/mol. The fraction of sp³-hybridized carbons (Fsp3) is 0.125. The number of hydrogen-bond donors (Lipinski definition) is 1. The number of para-hydroxylation sites is 1. The van der Waals surface area contributed by atoms with Crippen molar-refractivity contribution in [2.45, 2.75) is 13.0 Å². The van der Waals surface area contributed by atoms with Crippen LogP contribution in [0.2, 0.25) is 0 Å². The van der Waals surface area contributed by atoms with Gasteiger partial charge >= 0.3 is 0 Å². The van der Waals surface area contributed by atoms with E-state index in [1.165, 1.54) is 35.6 Å². The molecular formula is C16H13FN2O2S. The Labute approximate surface area is 130 Å². The maximum atomic E-state index is 12.8. The second-order valence-corrected chi connectivity index (χ2v) is 5.72. The number of carbonyl (C=O) groups excluding carboxylic acids is 1. The summed E-state index contributed by atoms with van der Waals surface area (Å²) in [6, 6.07) is 13.2. The molecule has 0 bridgehead atoms. The normalized spacial score (nSPS) is 12.1. The van der Waals surface area contributed by atoms with Gasteiger partial charge in [0.1, 0.15) is 11.6 Å². The third-order valence-corrected chi connectivity index (χ3v) is 3.97. The smallest absolute Gasteiger partial charge is 0.266 e. The number of nitrogens with one attached hydrogen (secondary N) is 1. The van der Waals surface area contributed by atoms with Crippen molar-refractivity contribution in [3.05, 3.63) is 54.3 Å². The minimum Gasteiger partial charge on any atom is -0.481 e. The number of anilines is 1. The molecule has 0 aliphatic carbocycles. The molecule has 0 aliphatic heterocycles. The average Bonchev–Trinajstić information content (AvgIpc) is 2.91. The summed E-state index contributed by atoms with van der Waals surface area (Å²) >= 11 is 1.40. The number of carbonyl (C=O) groups is 1. The molecule has 112 valence electrons. The van der Waals surface area contributed by atoms with E-state index in [2.05, 4.69) is 10.3 Å². The highest BCUT2D eigenvalue weighted by Crippen LogP contribution is 2.25.